The van der Waals surface area contributed by atoms with Gasteiger partial charge < -0.3 is 10.2 Å². The molecule has 0 saturated carbocycles. The molecule has 1 heterocycles. The number of hydrogen-bond acceptors (Lipinski definition) is 5. The smallest absolute Gasteiger partial charge is 0.251 e. The van der Waals surface area contributed by atoms with Crippen LogP contribution >= 0.6 is 11.3 Å². The highest BCUT2D eigenvalue weighted by atomic mass is 32.2. The maximum Gasteiger partial charge on any atom is 0.251 e. The maximum atomic E-state index is 12.5. The fraction of sp³-hybridized carbons (Fsp3) is 0.421. The summed E-state index contributed by atoms with van der Waals surface area (Å²) in [7, 11) is 0.437. The molecule has 1 aromatic carbocycles. The normalized spacial score (nSPS) is 13.1. The Balaban J connectivity index is 2.07. The van der Waals surface area contributed by atoms with Gasteiger partial charge >= 0.3 is 0 Å². The van der Waals surface area contributed by atoms with E-state index in [1.54, 1.807) is 37.3 Å². The second kappa shape index (κ2) is 9.45. The predicted octanol–water partition coefficient (Wildman–Crippen LogP) is 2.81. The van der Waals surface area contributed by atoms with E-state index < -0.39 is 10.0 Å². The number of rotatable bonds is 9. The van der Waals surface area contributed by atoms with Crippen LogP contribution in [0.1, 0.15) is 35.1 Å². The Kier molecular flexibility index (Phi) is 7.55. The van der Waals surface area contributed by atoms with Crippen molar-refractivity contribution in [1.29, 1.82) is 0 Å². The van der Waals surface area contributed by atoms with Gasteiger partial charge in [0.15, 0.2) is 0 Å². The Morgan fingerprint density at radius 2 is 1.74 bits per heavy atom. The number of thiophene rings is 1. The average molecular weight is 410 g/mol. The Labute approximate surface area is 165 Å². The molecule has 0 aliphatic carbocycles. The number of carbonyl (C=O) groups is 1. The van der Waals surface area contributed by atoms with Gasteiger partial charge in [0.05, 0.1) is 10.9 Å². The Bertz CT molecular complexity index is 828. The molecule has 6 nitrogen and oxygen atoms in total. The second-order valence-corrected chi connectivity index (χ2v) is 9.24. The molecule has 2 rings (SSSR count). The quantitative estimate of drug-likeness (QED) is 0.691. The summed E-state index contributed by atoms with van der Waals surface area (Å²) in [6, 6.07) is 10.2. The molecule has 27 heavy (non-hydrogen) atoms. The van der Waals surface area contributed by atoms with Crippen LogP contribution in [0.2, 0.25) is 0 Å². The van der Waals surface area contributed by atoms with Gasteiger partial charge in [-0.05, 0) is 49.8 Å². The third-order valence-electron chi connectivity index (χ3n) is 4.41. The first-order valence-corrected chi connectivity index (χ1v) is 11.2. The summed E-state index contributed by atoms with van der Waals surface area (Å²) in [5.41, 5.74) is 0.442. The van der Waals surface area contributed by atoms with Gasteiger partial charge in [-0.1, -0.05) is 19.9 Å². The minimum Gasteiger partial charge on any atom is -0.350 e. The topological polar surface area (TPSA) is 69.7 Å². The third-order valence-corrected chi connectivity index (χ3v) is 7.45. The maximum absolute atomic E-state index is 12.5. The van der Waals surface area contributed by atoms with Crippen LogP contribution in [0.5, 0.6) is 0 Å². The molecule has 1 atom stereocenters. The molecule has 0 radical (unpaired) electrons. The minimum atomic E-state index is -3.51. The Morgan fingerprint density at radius 1 is 1.11 bits per heavy atom. The van der Waals surface area contributed by atoms with Crippen LogP contribution in [0.25, 0.3) is 0 Å². The summed E-state index contributed by atoms with van der Waals surface area (Å²) < 4.78 is 26.4. The van der Waals surface area contributed by atoms with E-state index in [-0.39, 0.29) is 16.8 Å². The monoisotopic (exact) mass is 409 g/mol. The molecular formula is C19H27N3O3S2. The van der Waals surface area contributed by atoms with E-state index in [1.807, 2.05) is 31.6 Å². The lowest BCUT2D eigenvalue weighted by atomic mass is 10.2. The molecule has 1 aromatic heterocycles. The van der Waals surface area contributed by atoms with Crippen molar-refractivity contribution < 1.29 is 13.2 Å². The number of likely N-dealkylation sites (N-methyl/N-ethyl adjacent to an activating group) is 1. The molecule has 148 valence electrons. The van der Waals surface area contributed by atoms with E-state index in [2.05, 4.69) is 10.2 Å². The van der Waals surface area contributed by atoms with Crippen LogP contribution in [0.4, 0.5) is 0 Å². The largest absolute Gasteiger partial charge is 0.350 e. The lowest BCUT2D eigenvalue weighted by Gasteiger charge is -2.23. The van der Waals surface area contributed by atoms with Crippen molar-refractivity contribution in [1.82, 2.24) is 14.5 Å². The number of benzene rings is 1. The zero-order valence-electron chi connectivity index (χ0n) is 16.2. The summed E-state index contributed by atoms with van der Waals surface area (Å²) in [6.07, 6.45) is 0. The number of amides is 1. The van der Waals surface area contributed by atoms with Gasteiger partial charge in [0, 0.05) is 30.1 Å². The van der Waals surface area contributed by atoms with E-state index in [0.29, 0.717) is 25.2 Å². The van der Waals surface area contributed by atoms with Gasteiger partial charge in [-0.2, -0.15) is 4.31 Å². The molecule has 0 spiro atoms. The number of carbonyl (C=O) groups excluding carboxylic acids is 1. The molecule has 0 aliphatic rings. The molecule has 0 bridgehead atoms. The zero-order chi connectivity index (χ0) is 20.0. The molecule has 1 N–H and O–H groups in total. The van der Waals surface area contributed by atoms with Gasteiger partial charge in [0.2, 0.25) is 10.0 Å². The fourth-order valence-corrected chi connectivity index (χ4v) is 5.18. The highest BCUT2D eigenvalue weighted by Crippen LogP contribution is 2.22. The first kappa shape index (κ1) is 21.6. The van der Waals surface area contributed by atoms with Crippen LogP contribution in [0.3, 0.4) is 0 Å². The molecule has 0 fully saturated rings. The second-order valence-electron chi connectivity index (χ2n) is 6.32. The van der Waals surface area contributed by atoms with Crippen LogP contribution in [-0.2, 0) is 10.0 Å². The van der Waals surface area contributed by atoms with Crippen molar-refractivity contribution in [3.63, 3.8) is 0 Å². The van der Waals surface area contributed by atoms with E-state index in [1.165, 1.54) is 21.3 Å². The van der Waals surface area contributed by atoms with Crippen LogP contribution in [0, 0.1) is 0 Å². The molecule has 8 heteroatoms. The van der Waals surface area contributed by atoms with E-state index >= 15 is 0 Å². The number of hydrogen-bond donors (Lipinski definition) is 1. The van der Waals surface area contributed by atoms with E-state index in [9.17, 15) is 13.2 Å². The number of sulfonamides is 1. The van der Waals surface area contributed by atoms with Crippen LogP contribution < -0.4 is 5.32 Å². The molecule has 0 aliphatic heterocycles. The van der Waals surface area contributed by atoms with Crippen molar-refractivity contribution in [2.24, 2.45) is 0 Å². The third kappa shape index (κ3) is 5.16. The predicted molar refractivity (Wildman–Crippen MR) is 110 cm³/mol. The summed E-state index contributed by atoms with van der Waals surface area (Å²) >= 11 is 1.65. The summed E-state index contributed by atoms with van der Waals surface area (Å²) in [5.74, 6) is -0.217. The van der Waals surface area contributed by atoms with Crippen molar-refractivity contribution in [3.8, 4) is 0 Å². The zero-order valence-corrected chi connectivity index (χ0v) is 17.8. The molecule has 0 unspecified atom stereocenters. The summed E-state index contributed by atoms with van der Waals surface area (Å²) in [6.45, 7) is 4.91. The van der Waals surface area contributed by atoms with Gasteiger partial charge in [0.25, 0.3) is 5.91 Å². The first-order chi connectivity index (χ1) is 12.8. The summed E-state index contributed by atoms with van der Waals surface area (Å²) in [5, 5.41) is 4.95. The summed E-state index contributed by atoms with van der Waals surface area (Å²) in [4.78, 5) is 15.9. The van der Waals surface area contributed by atoms with Gasteiger partial charge in [0.1, 0.15) is 0 Å². The lowest BCUT2D eigenvalue weighted by Crippen LogP contribution is -2.34. The minimum absolute atomic E-state index is 0.0938. The van der Waals surface area contributed by atoms with Gasteiger partial charge in [-0.15, -0.1) is 11.3 Å². The molecule has 0 saturated heterocycles. The van der Waals surface area contributed by atoms with Crippen LogP contribution in [0.15, 0.2) is 46.7 Å². The van der Waals surface area contributed by atoms with Crippen molar-refractivity contribution in [2.75, 3.05) is 33.7 Å². The number of nitrogens with zero attached hydrogens (tertiary/aromatic N) is 2. The molecule has 1 amide bonds. The molecule has 2 aromatic rings. The van der Waals surface area contributed by atoms with E-state index in [0.717, 1.165) is 0 Å². The van der Waals surface area contributed by atoms with E-state index in [4.69, 9.17) is 0 Å². The lowest BCUT2D eigenvalue weighted by molar-refractivity contribution is 0.0942. The molecular weight excluding hydrogens is 382 g/mol. The van der Waals surface area contributed by atoms with Gasteiger partial charge in [-0.3, -0.25) is 4.79 Å². The van der Waals surface area contributed by atoms with Crippen molar-refractivity contribution >= 4 is 27.3 Å². The first-order valence-electron chi connectivity index (χ1n) is 8.89. The standard InChI is InChI=1S/C19H27N3O3S2/c1-5-22(6-2)27(24,25)16-11-9-15(10-12-16)19(23)20-14-17(21(3)4)18-8-7-13-26-18/h7-13,17H,5-6,14H2,1-4H3,(H,20,23)/t17-/m1/s1. The Morgan fingerprint density at radius 3 is 2.22 bits per heavy atom. The highest BCUT2D eigenvalue weighted by Gasteiger charge is 2.22. The SMILES string of the molecule is CCN(CC)S(=O)(=O)c1ccc(C(=O)NC[C@H](c2cccs2)N(C)C)cc1. The highest BCUT2D eigenvalue weighted by molar-refractivity contribution is 7.89. The van der Waals surface area contributed by atoms with Crippen LogP contribution in [-0.4, -0.2) is 57.3 Å². The Hall–Kier alpha value is -1.74. The van der Waals surface area contributed by atoms with Crippen molar-refractivity contribution in [3.05, 3.63) is 52.2 Å². The average Bonchev–Trinajstić information content (AvgIpc) is 3.16. The number of nitrogens with one attached hydrogen (secondary N) is 1. The van der Waals surface area contributed by atoms with Crippen molar-refractivity contribution in [2.45, 2.75) is 24.8 Å². The fourth-order valence-electron chi connectivity index (χ4n) is 2.80. The van der Waals surface area contributed by atoms with Gasteiger partial charge in [-0.25, -0.2) is 8.42 Å².